The zero-order valence-corrected chi connectivity index (χ0v) is 10.1. The summed E-state index contributed by atoms with van der Waals surface area (Å²) in [5.74, 6) is 0. The van der Waals surface area contributed by atoms with E-state index in [4.69, 9.17) is 5.11 Å². The largest absolute Gasteiger partial charge is 0.511 e. The Bertz CT molecular complexity index is 473. The molecule has 4 nitrogen and oxygen atoms in total. The van der Waals surface area contributed by atoms with E-state index in [1.165, 1.54) is 12.1 Å². The molecule has 0 atom stereocenters. The second kappa shape index (κ2) is 5.68. The quantitative estimate of drug-likeness (QED) is 0.887. The standard InChI is InChI=1S/C10H12F3NO3S/c11-10(12,13)18(16,17)14(6-7-15)8-9-4-2-1-3-5-9/h1-5,15H,6-8H2. The van der Waals surface area contributed by atoms with Crippen molar-refractivity contribution in [3.63, 3.8) is 0 Å². The lowest BCUT2D eigenvalue weighted by Crippen LogP contribution is -2.41. The fraction of sp³-hybridized carbons (Fsp3) is 0.400. The molecule has 0 saturated carbocycles. The highest BCUT2D eigenvalue weighted by molar-refractivity contribution is 7.89. The summed E-state index contributed by atoms with van der Waals surface area (Å²) in [6, 6.07) is 7.87. The summed E-state index contributed by atoms with van der Waals surface area (Å²) < 4.78 is 59.9. The number of halogens is 3. The van der Waals surface area contributed by atoms with E-state index in [-0.39, 0.29) is 4.31 Å². The minimum Gasteiger partial charge on any atom is -0.395 e. The molecule has 0 aromatic heterocycles. The molecule has 1 N–H and O–H groups in total. The van der Waals surface area contributed by atoms with E-state index >= 15 is 0 Å². The van der Waals surface area contributed by atoms with E-state index in [1.807, 2.05) is 0 Å². The predicted molar refractivity (Wildman–Crippen MR) is 58.9 cm³/mol. The van der Waals surface area contributed by atoms with Gasteiger partial charge in [0.25, 0.3) is 0 Å². The number of benzene rings is 1. The normalized spacial score (nSPS) is 12.9. The van der Waals surface area contributed by atoms with Gasteiger partial charge in [0.05, 0.1) is 6.61 Å². The molecule has 0 aliphatic carbocycles. The fourth-order valence-corrected chi connectivity index (χ4v) is 2.26. The minimum atomic E-state index is -5.43. The van der Waals surface area contributed by atoms with Crippen LogP contribution in [-0.4, -0.2) is 36.5 Å². The van der Waals surface area contributed by atoms with Crippen molar-refractivity contribution in [1.29, 1.82) is 0 Å². The van der Waals surface area contributed by atoms with Crippen molar-refractivity contribution in [3.05, 3.63) is 35.9 Å². The molecule has 0 saturated heterocycles. The van der Waals surface area contributed by atoms with Gasteiger partial charge < -0.3 is 5.11 Å². The molecule has 0 fully saturated rings. The van der Waals surface area contributed by atoms with Crippen LogP contribution in [0.25, 0.3) is 0 Å². The highest BCUT2D eigenvalue weighted by Crippen LogP contribution is 2.27. The van der Waals surface area contributed by atoms with Gasteiger partial charge in [0, 0.05) is 13.1 Å². The van der Waals surface area contributed by atoms with Crippen LogP contribution in [-0.2, 0) is 16.6 Å². The van der Waals surface area contributed by atoms with Crippen LogP contribution in [0.2, 0.25) is 0 Å². The first-order valence-electron chi connectivity index (χ1n) is 5.00. The number of sulfonamides is 1. The van der Waals surface area contributed by atoms with E-state index < -0.39 is 35.2 Å². The van der Waals surface area contributed by atoms with Gasteiger partial charge in [0.1, 0.15) is 0 Å². The summed E-state index contributed by atoms with van der Waals surface area (Å²) in [6.07, 6.45) is 0. The smallest absolute Gasteiger partial charge is 0.395 e. The molecule has 0 spiro atoms. The van der Waals surface area contributed by atoms with Crippen molar-refractivity contribution in [1.82, 2.24) is 4.31 Å². The van der Waals surface area contributed by atoms with Gasteiger partial charge in [0.15, 0.2) is 0 Å². The molecule has 0 aliphatic heterocycles. The Morgan fingerprint density at radius 2 is 1.72 bits per heavy atom. The molecular weight excluding hydrogens is 271 g/mol. The van der Waals surface area contributed by atoms with Crippen LogP contribution in [0.4, 0.5) is 13.2 Å². The minimum absolute atomic E-state index is 0.211. The summed E-state index contributed by atoms with van der Waals surface area (Å²) in [4.78, 5) is 0. The molecule has 0 heterocycles. The monoisotopic (exact) mass is 283 g/mol. The number of hydrogen-bond donors (Lipinski definition) is 1. The highest BCUT2D eigenvalue weighted by atomic mass is 32.2. The summed E-state index contributed by atoms with van der Waals surface area (Å²) in [5.41, 5.74) is -4.95. The number of hydrogen-bond acceptors (Lipinski definition) is 3. The van der Waals surface area contributed by atoms with Crippen LogP contribution in [0.15, 0.2) is 30.3 Å². The fourth-order valence-electron chi connectivity index (χ4n) is 1.33. The van der Waals surface area contributed by atoms with Crippen molar-refractivity contribution in [3.8, 4) is 0 Å². The third kappa shape index (κ3) is 3.44. The van der Waals surface area contributed by atoms with Crippen molar-refractivity contribution in [2.45, 2.75) is 12.1 Å². The predicted octanol–water partition coefficient (Wildman–Crippen LogP) is 1.33. The van der Waals surface area contributed by atoms with Gasteiger partial charge in [-0.1, -0.05) is 30.3 Å². The van der Waals surface area contributed by atoms with Crippen LogP contribution < -0.4 is 0 Å². The lowest BCUT2D eigenvalue weighted by Gasteiger charge is -2.22. The SMILES string of the molecule is O=S(=O)(N(CCO)Cc1ccccc1)C(F)(F)F. The molecule has 1 aromatic rings. The lowest BCUT2D eigenvalue weighted by molar-refractivity contribution is -0.0494. The molecule has 0 aliphatic rings. The second-order valence-corrected chi connectivity index (χ2v) is 5.42. The molecule has 1 rings (SSSR count). The topological polar surface area (TPSA) is 57.6 Å². The van der Waals surface area contributed by atoms with Crippen LogP contribution >= 0.6 is 0 Å². The van der Waals surface area contributed by atoms with Crippen LogP contribution in [0.1, 0.15) is 5.56 Å². The van der Waals surface area contributed by atoms with Gasteiger partial charge in [-0.15, -0.1) is 0 Å². The average Bonchev–Trinajstić information content (AvgIpc) is 2.28. The van der Waals surface area contributed by atoms with Crippen LogP contribution in [0.3, 0.4) is 0 Å². The molecule has 0 amide bonds. The Morgan fingerprint density at radius 3 is 2.17 bits per heavy atom. The Morgan fingerprint density at radius 1 is 1.17 bits per heavy atom. The second-order valence-electron chi connectivity index (χ2n) is 3.49. The number of nitrogens with zero attached hydrogens (tertiary/aromatic N) is 1. The molecule has 0 unspecified atom stereocenters. The Balaban J connectivity index is 2.98. The van der Waals surface area contributed by atoms with Crippen molar-refractivity contribution >= 4 is 10.0 Å². The Labute approximate surface area is 103 Å². The lowest BCUT2D eigenvalue weighted by atomic mass is 10.2. The molecule has 0 radical (unpaired) electrons. The van der Waals surface area contributed by atoms with Gasteiger partial charge in [-0.2, -0.15) is 17.5 Å². The number of rotatable bonds is 5. The Hall–Kier alpha value is -1.12. The number of alkyl halides is 3. The molecule has 102 valence electrons. The van der Waals surface area contributed by atoms with E-state index in [9.17, 15) is 21.6 Å². The summed E-state index contributed by atoms with van der Waals surface area (Å²) in [6.45, 7) is -1.71. The average molecular weight is 283 g/mol. The van der Waals surface area contributed by atoms with Crippen molar-refractivity contribution in [2.24, 2.45) is 0 Å². The molecular formula is C10H12F3NO3S. The van der Waals surface area contributed by atoms with Gasteiger partial charge in [-0.3, -0.25) is 0 Å². The van der Waals surface area contributed by atoms with Gasteiger partial charge in [0.2, 0.25) is 0 Å². The number of aliphatic hydroxyl groups is 1. The highest BCUT2D eigenvalue weighted by Gasteiger charge is 2.49. The van der Waals surface area contributed by atoms with E-state index in [0.717, 1.165) is 0 Å². The summed E-state index contributed by atoms with van der Waals surface area (Å²) in [7, 11) is -5.43. The van der Waals surface area contributed by atoms with E-state index in [2.05, 4.69) is 0 Å². The maximum atomic E-state index is 12.4. The van der Waals surface area contributed by atoms with E-state index in [0.29, 0.717) is 5.56 Å². The maximum Gasteiger partial charge on any atom is 0.511 e. The molecule has 8 heteroatoms. The van der Waals surface area contributed by atoms with Gasteiger partial charge in [-0.05, 0) is 5.56 Å². The third-order valence-corrected chi connectivity index (χ3v) is 3.76. The zero-order chi connectivity index (χ0) is 13.8. The van der Waals surface area contributed by atoms with Gasteiger partial charge >= 0.3 is 15.5 Å². The van der Waals surface area contributed by atoms with Gasteiger partial charge in [-0.25, -0.2) is 8.42 Å². The first-order chi connectivity index (χ1) is 8.29. The first kappa shape index (κ1) is 14.9. The summed E-state index contributed by atoms with van der Waals surface area (Å²) >= 11 is 0. The maximum absolute atomic E-state index is 12.4. The van der Waals surface area contributed by atoms with Crippen molar-refractivity contribution in [2.75, 3.05) is 13.2 Å². The number of aliphatic hydroxyl groups excluding tert-OH is 1. The molecule has 1 aromatic carbocycles. The zero-order valence-electron chi connectivity index (χ0n) is 9.26. The molecule has 0 bridgehead atoms. The molecule has 18 heavy (non-hydrogen) atoms. The summed E-state index contributed by atoms with van der Waals surface area (Å²) in [5, 5.41) is 8.67. The van der Waals surface area contributed by atoms with Crippen LogP contribution in [0.5, 0.6) is 0 Å². The Kier molecular flexibility index (Phi) is 4.71. The van der Waals surface area contributed by atoms with Crippen molar-refractivity contribution < 1.29 is 26.7 Å². The first-order valence-corrected chi connectivity index (χ1v) is 6.44. The third-order valence-electron chi connectivity index (χ3n) is 2.18. The van der Waals surface area contributed by atoms with E-state index in [1.54, 1.807) is 18.2 Å². The van der Waals surface area contributed by atoms with Crippen LogP contribution in [0, 0.1) is 0 Å².